The van der Waals surface area contributed by atoms with Crippen LogP contribution in [0.25, 0.3) is 16.4 Å². The summed E-state index contributed by atoms with van der Waals surface area (Å²) in [5.41, 5.74) is 2.04. The number of likely N-dealkylation sites (N-methyl/N-ethyl adjacent to an activating group) is 1. The fourth-order valence-electron chi connectivity index (χ4n) is 3.43. The van der Waals surface area contributed by atoms with Gasteiger partial charge in [-0.1, -0.05) is 42.1 Å². The Hall–Kier alpha value is -3.30. The zero-order valence-corrected chi connectivity index (χ0v) is 20.9. The van der Waals surface area contributed by atoms with Crippen LogP contribution in [0.4, 0.5) is 0 Å². The Labute approximate surface area is 207 Å². The van der Waals surface area contributed by atoms with Crippen LogP contribution < -0.4 is 9.47 Å². The number of carbonyl (C=O) groups is 1. The molecule has 7 nitrogen and oxygen atoms in total. The van der Waals surface area contributed by atoms with E-state index < -0.39 is 0 Å². The lowest BCUT2D eigenvalue weighted by molar-refractivity contribution is -0.127. The van der Waals surface area contributed by atoms with Crippen molar-refractivity contribution >= 4 is 29.0 Å². The van der Waals surface area contributed by atoms with Gasteiger partial charge in [0.05, 0.1) is 24.8 Å². The Morgan fingerprint density at radius 3 is 2.53 bits per heavy atom. The summed E-state index contributed by atoms with van der Waals surface area (Å²) in [7, 11) is 5.05. The van der Waals surface area contributed by atoms with E-state index in [1.165, 1.54) is 11.8 Å². The Morgan fingerprint density at radius 2 is 1.82 bits per heavy atom. The Balaban J connectivity index is 1.42. The van der Waals surface area contributed by atoms with E-state index in [0.717, 1.165) is 28.4 Å². The number of carbonyl (C=O) groups excluding carboxylic acids is 1. The predicted octanol–water partition coefficient (Wildman–Crippen LogP) is 4.81. The molecule has 4 rings (SSSR count). The number of hydrogen-bond donors (Lipinski definition) is 0. The number of hydrogen-bond acceptors (Lipinski definition) is 7. The van der Waals surface area contributed by atoms with E-state index >= 15 is 0 Å². The lowest BCUT2D eigenvalue weighted by Crippen LogP contribution is -2.30. The van der Waals surface area contributed by atoms with E-state index in [-0.39, 0.29) is 11.7 Å². The van der Waals surface area contributed by atoms with Gasteiger partial charge in [-0.25, -0.2) is 0 Å². The molecule has 0 bridgehead atoms. The summed E-state index contributed by atoms with van der Waals surface area (Å²) in [5.74, 6) is 2.46. The van der Waals surface area contributed by atoms with Crippen molar-refractivity contribution in [2.45, 2.75) is 11.6 Å². The molecule has 2 aromatic heterocycles. The average Bonchev–Trinajstić information content (AvgIpc) is 3.56. The van der Waals surface area contributed by atoms with E-state index in [0.29, 0.717) is 23.2 Å². The van der Waals surface area contributed by atoms with Crippen LogP contribution in [0.15, 0.2) is 71.2 Å². The molecule has 0 radical (unpaired) electrons. The monoisotopic (exact) mass is 494 g/mol. The van der Waals surface area contributed by atoms with Crippen LogP contribution in [-0.4, -0.2) is 59.1 Å². The van der Waals surface area contributed by atoms with Gasteiger partial charge in [0.25, 0.3) is 0 Å². The number of benzene rings is 2. The number of thiophene rings is 1. The van der Waals surface area contributed by atoms with Gasteiger partial charge in [0.1, 0.15) is 0 Å². The molecule has 9 heteroatoms. The Bertz CT molecular complexity index is 1230. The van der Waals surface area contributed by atoms with Crippen molar-refractivity contribution in [1.29, 1.82) is 0 Å². The molecule has 0 N–H and O–H groups in total. The third-order valence-electron chi connectivity index (χ3n) is 5.32. The molecule has 0 atom stereocenters. The second kappa shape index (κ2) is 11.2. The second-order valence-electron chi connectivity index (χ2n) is 7.50. The first kappa shape index (κ1) is 23.8. The van der Waals surface area contributed by atoms with Crippen LogP contribution in [0.3, 0.4) is 0 Å². The van der Waals surface area contributed by atoms with Crippen LogP contribution in [0, 0.1) is 0 Å². The van der Waals surface area contributed by atoms with Crippen LogP contribution >= 0.6 is 23.1 Å². The highest BCUT2D eigenvalue weighted by atomic mass is 32.2. The number of ether oxygens (including phenoxy) is 2. The van der Waals surface area contributed by atoms with Crippen molar-refractivity contribution in [1.82, 2.24) is 19.7 Å². The number of rotatable bonds is 10. The highest BCUT2D eigenvalue weighted by molar-refractivity contribution is 7.99. The van der Waals surface area contributed by atoms with Gasteiger partial charge in [0.15, 0.2) is 22.5 Å². The van der Waals surface area contributed by atoms with Gasteiger partial charge in [0.2, 0.25) is 5.91 Å². The number of methoxy groups -OCH3 is 2. The molecule has 1 amide bonds. The third kappa shape index (κ3) is 5.43. The molecule has 0 saturated carbocycles. The summed E-state index contributed by atoms with van der Waals surface area (Å²) in [5, 5.41) is 11.5. The molecule has 176 valence electrons. The van der Waals surface area contributed by atoms with Crippen molar-refractivity contribution in [3.63, 3.8) is 0 Å². The molecule has 2 heterocycles. The molecule has 0 unspecified atom stereocenters. The number of nitrogens with zero attached hydrogens (tertiary/aromatic N) is 4. The number of aromatic nitrogens is 3. The van der Waals surface area contributed by atoms with Crippen LogP contribution in [0.5, 0.6) is 11.5 Å². The van der Waals surface area contributed by atoms with Gasteiger partial charge in [-0.2, -0.15) is 0 Å². The number of amides is 1. The molecule has 0 saturated heterocycles. The molecule has 0 aliphatic rings. The first-order chi connectivity index (χ1) is 16.6. The van der Waals surface area contributed by atoms with Gasteiger partial charge in [-0.05, 0) is 47.7 Å². The van der Waals surface area contributed by atoms with Crippen molar-refractivity contribution in [2.24, 2.45) is 0 Å². The highest BCUT2D eigenvalue weighted by Gasteiger charge is 2.19. The molecule has 2 aromatic carbocycles. The summed E-state index contributed by atoms with van der Waals surface area (Å²) < 4.78 is 12.7. The van der Waals surface area contributed by atoms with Crippen molar-refractivity contribution in [3.8, 4) is 27.9 Å². The van der Waals surface area contributed by atoms with E-state index in [2.05, 4.69) is 10.2 Å². The molecule has 0 fully saturated rings. The van der Waals surface area contributed by atoms with E-state index in [1.54, 1.807) is 30.5 Å². The maximum Gasteiger partial charge on any atom is 0.232 e. The fraction of sp³-hybridized carbons (Fsp3) is 0.240. The van der Waals surface area contributed by atoms with E-state index in [9.17, 15) is 4.79 Å². The summed E-state index contributed by atoms with van der Waals surface area (Å²) in [6.45, 7) is 0.598. The zero-order chi connectivity index (χ0) is 23.9. The molecule has 0 spiro atoms. The maximum atomic E-state index is 12.8. The molecule has 0 aliphatic carbocycles. The summed E-state index contributed by atoms with van der Waals surface area (Å²) in [4.78, 5) is 15.6. The van der Waals surface area contributed by atoms with E-state index in [4.69, 9.17) is 9.47 Å². The third-order valence-corrected chi connectivity index (χ3v) is 7.10. The SMILES string of the molecule is COc1ccc(CCN(C)C(=O)CSc2nnc(-c3cccs3)n2-c2ccccc2)cc1OC. The molecule has 0 aliphatic heterocycles. The van der Waals surface area contributed by atoms with Crippen molar-refractivity contribution in [3.05, 3.63) is 71.6 Å². The quantitative estimate of drug-likeness (QED) is 0.295. The summed E-state index contributed by atoms with van der Waals surface area (Å²) >= 11 is 3.01. The van der Waals surface area contributed by atoms with Crippen molar-refractivity contribution in [2.75, 3.05) is 33.6 Å². The van der Waals surface area contributed by atoms with Crippen LogP contribution in [0.1, 0.15) is 5.56 Å². The maximum absolute atomic E-state index is 12.8. The second-order valence-corrected chi connectivity index (χ2v) is 9.39. The van der Waals surface area contributed by atoms with Crippen LogP contribution in [-0.2, 0) is 11.2 Å². The Kier molecular flexibility index (Phi) is 7.87. The topological polar surface area (TPSA) is 69.5 Å². The largest absolute Gasteiger partial charge is 0.493 e. The van der Waals surface area contributed by atoms with E-state index in [1.807, 2.05) is 77.7 Å². The van der Waals surface area contributed by atoms with Crippen molar-refractivity contribution < 1.29 is 14.3 Å². The molecular formula is C25H26N4O3S2. The molecule has 34 heavy (non-hydrogen) atoms. The predicted molar refractivity (Wildman–Crippen MR) is 136 cm³/mol. The minimum atomic E-state index is 0.0331. The van der Waals surface area contributed by atoms with Gasteiger partial charge < -0.3 is 14.4 Å². The van der Waals surface area contributed by atoms with Gasteiger partial charge >= 0.3 is 0 Å². The standard InChI is InChI=1S/C25H26N4O3S2/c1-28(14-13-18-11-12-20(31-2)21(16-18)32-3)23(30)17-34-25-27-26-24(22-10-7-15-33-22)29(25)19-8-5-4-6-9-19/h4-12,15-16H,13-14,17H2,1-3H3. The summed E-state index contributed by atoms with van der Waals surface area (Å²) in [6.07, 6.45) is 0.718. The fourth-order valence-corrected chi connectivity index (χ4v) is 5.02. The van der Waals surface area contributed by atoms with Gasteiger partial charge in [0, 0.05) is 19.3 Å². The average molecular weight is 495 g/mol. The molecular weight excluding hydrogens is 468 g/mol. The number of thioether (sulfide) groups is 1. The Morgan fingerprint density at radius 1 is 1.03 bits per heavy atom. The minimum Gasteiger partial charge on any atom is -0.493 e. The lowest BCUT2D eigenvalue weighted by atomic mass is 10.1. The first-order valence-electron chi connectivity index (χ1n) is 10.7. The lowest BCUT2D eigenvalue weighted by Gasteiger charge is -2.17. The smallest absolute Gasteiger partial charge is 0.232 e. The van der Waals surface area contributed by atoms with Crippen LogP contribution in [0.2, 0.25) is 0 Å². The number of para-hydroxylation sites is 1. The van der Waals surface area contributed by atoms with Gasteiger partial charge in [-0.15, -0.1) is 21.5 Å². The van der Waals surface area contributed by atoms with Gasteiger partial charge in [-0.3, -0.25) is 9.36 Å². The summed E-state index contributed by atoms with van der Waals surface area (Å²) in [6, 6.07) is 19.8. The zero-order valence-electron chi connectivity index (χ0n) is 19.3. The first-order valence-corrected chi connectivity index (χ1v) is 12.6. The normalized spacial score (nSPS) is 10.8. The minimum absolute atomic E-state index is 0.0331. The molecule has 4 aromatic rings. The highest BCUT2D eigenvalue weighted by Crippen LogP contribution is 2.31.